The number of methoxy groups -OCH3 is 1. The Labute approximate surface area is 107 Å². The molecule has 1 aliphatic carbocycles. The molecule has 0 bridgehead atoms. The average Bonchev–Trinajstić information content (AvgIpc) is 2.39. The van der Waals surface area contributed by atoms with Crippen LogP contribution in [0.1, 0.15) is 38.5 Å². The zero-order valence-electron chi connectivity index (χ0n) is 10.6. The zero-order valence-corrected chi connectivity index (χ0v) is 10.6. The molecule has 0 saturated heterocycles. The van der Waals surface area contributed by atoms with Crippen LogP contribution in [0.3, 0.4) is 0 Å². The number of rotatable bonds is 4. The summed E-state index contributed by atoms with van der Waals surface area (Å²) in [6, 6.07) is 0. The van der Waals surface area contributed by atoms with Crippen LogP contribution in [0.2, 0.25) is 0 Å². The molecule has 0 aromatic carbocycles. The van der Waals surface area contributed by atoms with Crippen molar-refractivity contribution in [2.24, 2.45) is 5.41 Å². The lowest BCUT2D eigenvalue weighted by molar-refractivity contribution is -0.147. The van der Waals surface area contributed by atoms with Gasteiger partial charge in [0.15, 0.2) is 0 Å². The summed E-state index contributed by atoms with van der Waals surface area (Å²) >= 11 is 0. The second-order valence-corrected chi connectivity index (χ2v) is 4.40. The lowest BCUT2D eigenvalue weighted by Crippen LogP contribution is -2.30. The Balaban J connectivity index is 2.46. The molecule has 98 valence electrons. The third-order valence-corrected chi connectivity index (χ3v) is 3.16. The third kappa shape index (κ3) is 3.92. The van der Waals surface area contributed by atoms with E-state index in [1.807, 2.05) is 12.2 Å². The smallest absolute Gasteiger partial charge is 0.384 e. The molecule has 0 radical (unpaired) electrons. The number of aliphatic carboxylic acids is 1. The SMILES string of the molecule is COC(=O)C#CCCCC1(C(=O)O)C=CCCC1. The number of carbonyl (C=O) groups is 2. The van der Waals surface area contributed by atoms with Gasteiger partial charge in [-0.05, 0) is 32.1 Å². The van der Waals surface area contributed by atoms with Crippen molar-refractivity contribution in [2.75, 3.05) is 7.11 Å². The number of unbranched alkanes of at least 4 members (excludes halogenated alkanes) is 1. The van der Waals surface area contributed by atoms with E-state index in [0.29, 0.717) is 25.7 Å². The topological polar surface area (TPSA) is 63.6 Å². The summed E-state index contributed by atoms with van der Waals surface area (Å²) in [5.74, 6) is 3.71. The van der Waals surface area contributed by atoms with E-state index in [2.05, 4.69) is 16.6 Å². The maximum Gasteiger partial charge on any atom is 0.384 e. The zero-order chi connectivity index (χ0) is 13.4. The number of esters is 1. The normalized spacial score (nSPS) is 21.8. The monoisotopic (exact) mass is 250 g/mol. The Morgan fingerprint density at radius 2 is 2.28 bits per heavy atom. The highest BCUT2D eigenvalue weighted by atomic mass is 16.5. The number of carbonyl (C=O) groups excluding carboxylic acids is 1. The Bertz CT molecular complexity index is 400. The molecule has 0 saturated carbocycles. The second kappa shape index (κ2) is 6.85. The van der Waals surface area contributed by atoms with Gasteiger partial charge in [-0.2, -0.15) is 0 Å². The van der Waals surface area contributed by atoms with Crippen LogP contribution in [0.5, 0.6) is 0 Å². The summed E-state index contributed by atoms with van der Waals surface area (Å²) in [5.41, 5.74) is -0.731. The van der Waals surface area contributed by atoms with Gasteiger partial charge in [-0.25, -0.2) is 4.79 Å². The third-order valence-electron chi connectivity index (χ3n) is 3.16. The number of carboxylic acids is 1. The highest BCUT2D eigenvalue weighted by molar-refractivity contribution is 5.88. The average molecular weight is 250 g/mol. The van der Waals surface area contributed by atoms with Crippen molar-refractivity contribution in [1.82, 2.24) is 0 Å². The van der Waals surface area contributed by atoms with E-state index >= 15 is 0 Å². The molecular formula is C14H18O4. The van der Waals surface area contributed by atoms with E-state index in [9.17, 15) is 14.7 Å². The van der Waals surface area contributed by atoms with Gasteiger partial charge in [-0.3, -0.25) is 4.79 Å². The summed E-state index contributed by atoms with van der Waals surface area (Å²) in [7, 11) is 1.28. The number of hydrogen-bond acceptors (Lipinski definition) is 3. The summed E-state index contributed by atoms with van der Waals surface area (Å²) in [6.45, 7) is 0. The molecule has 1 aliphatic rings. The highest BCUT2D eigenvalue weighted by Gasteiger charge is 2.35. The maximum absolute atomic E-state index is 11.3. The Kier molecular flexibility index (Phi) is 5.44. The molecule has 0 aromatic rings. The molecule has 0 heterocycles. The van der Waals surface area contributed by atoms with Crippen molar-refractivity contribution in [2.45, 2.75) is 38.5 Å². The van der Waals surface area contributed by atoms with Crippen LogP contribution in [-0.2, 0) is 14.3 Å². The standard InChI is InChI=1S/C14H18O4/c1-18-12(15)8-4-2-5-9-14(13(16)17)10-6-3-7-11-14/h6,10H,2-3,5,7,9,11H2,1H3,(H,16,17). The first-order valence-corrected chi connectivity index (χ1v) is 6.09. The molecule has 1 atom stereocenters. The van der Waals surface area contributed by atoms with E-state index < -0.39 is 17.4 Å². The van der Waals surface area contributed by atoms with Gasteiger partial charge in [-0.15, -0.1) is 0 Å². The van der Waals surface area contributed by atoms with E-state index in [-0.39, 0.29) is 0 Å². The molecule has 1 N–H and O–H groups in total. The minimum atomic E-state index is -0.764. The van der Waals surface area contributed by atoms with Gasteiger partial charge < -0.3 is 9.84 Å². The van der Waals surface area contributed by atoms with E-state index in [4.69, 9.17) is 0 Å². The maximum atomic E-state index is 11.3. The fourth-order valence-electron chi connectivity index (χ4n) is 2.10. The van der Waals surface area contributed by atoms with Gasteiger partial charge in [0, 0.05) is 12.3 Å². The summed E-state index contributed by atoms with van der Waals surface area (Å²) in [5, 5.41) is 9.31. The molecule has 0 spiro atoms. The summed E-state index contributed by atoms with van der Waals surface area (Å²) in [4.78, 5) is 22.1. The first-order chi connectivity index (χ1) is 8.60. The molecule has 0 aromatic heterocycles. The number of allylic oxidation sites excluding steroid dienone is 1. The van der Waals surface area contributed by atoms with Crippen LogP contribution in [0.15, 0.2) is 12.2 Å². The number of hydrogen-bond donors (Lipinski definition) is 1. The van der Waals surface area contributed by atoms with Gasteiger partial charge in [0.25, 0.3) is 0 Å². The molecule has 0 fully saturated rings. The molecule has 0 aliphatic heterocycles. The molecule has 0 amide bonds. The van der Waals surface area contributed by atoms with Crippen molar-refractivity contribution in [3.8, 4) is 11.8 Å². The van der Waals surface area contributed by atoms with Crippen molar-refractivity contribution in [1.29, 1.82) is 0 Å². The summed E-state index contributed by atoms with van der Waals surface area (Å²) in [6.07, 6.45) is 8.05. The molecule has 1 unspecified atom stereocenters. The van der Waals surface area contributed by atoms with Crippen LogP contribution < -0.4 is 0 Å². The Morgan fingerprint density at radius 3 is 2.83 bits per heavy atom. The van der Waals surface area contributed by atoms with Crippen molar-refractivity contribution in [3.63, 3.8) is 0 Å². The lowest BCUT2D eigenvalue weighted by Gasteiger charge is -2.28. The Hall–Kier alpha value is -1.76. The second-order valence-electron chi connectivity index (χ2n) is 4.40. The number of carboxylic acid groups (broad SMARTS) is 1. The van der Waals surface area contributed by atoms with Crippen LogP contribution in [-0.4, -0.2) is 24.2 Å². The van der Waals surface area contributed by atoms with Crippen LogP contribution in [0.25, 0.3) is 0 Å². The molecule has 4 heteroatoms. The predicted octanol–water partition coefficient (Wildman–Crippen LogP) is 2.14. The van der Waals surface area contributed by atoms with Crippen LogP contribution in [0, 0.1) is 17.3 Å². The van der Waals surface area contributed by atoms with Crippen molar-refractivity contribution < 1.29 is 19.4 Å². The van der Waals surface area contributed by atoms with E-state index in [0.717, 1.165) is 12.8 Å². The van der Waals surface area contributed by atoms with E-state index in [1.165, 1.54) is 7.11 Å². The van der Waals surface area contributed by atoms with Gasteiger partial charge >= 0.3 is 11.9 Å². The lowest BCUT2D eigenvalue weighted by atomic mass is 9.75. The molecule has 4 nitrogen and oxygen atoms in total. The van der Waals surface area contributed by atoms with E-state index in [1.54, 1.807) is 0 Å². The minimum Gasteiger partial charge on any atom is -0.481 e. The summed E-state index contributed by atoms with van der Waals surface area (Å²) < 4.78 is 4.39. The first kappa shape index (κ1) is 14.3. The molecular weight excluding hydrogens is 232 g/mol. The quantitative estimate of drug-likeness (QED) is 0.273. The van der Waals surface area contributed by atoms with Crippen molar-refractivity contribution >= 4 is 11.9 Å². The Morgan fingerprint density at radius 1 is 1.50 bits per heavy atom. The number of ether oxygens (including phenoxy) is 1. The van der Waals surface area contributed by atoms with Gasteiger partial charge in [0.2, 0.25) is 0 Å². The van der Waals surface area contributed by atoms with Crippen molar-refractivity contribution in [3.05, 3.63) is 12.2 Å². The molecule has 1 rings (SSSR count). The predicted molar refractivity (Wildman–Crippen MR) is 66.7 cm³/mol. The van der Waals surface area contributed by atoms with Crippen LogP contribution >= 0.6 is 0 Å². The fraction of sp³-hybridized carbons (Fsp3) is 0.571. The van der Waals surface area contributed by atoms with Gasteiger partial charge in [0.1, 0.15) is 0 Å². The van der Waals surface area contributed by atoms with Crippen LogP contribution in [0.4, 0.5) is 0 Å². The fourth-order valence-corrected chi connectivity index (χ4v) is 2.10. The molecule has 18 heavy (non-hydrogen) atoms. The highest BCUT2D eigenvalue weighted by Crippen LogP contribution is 2.36. The minimum absolute atomic E-state index is 0.512. The van der Waals surface area contributed by atoms with Gasteiger partial charge in [-0.1, -0.05) is 18.1 Å². The first-order valence-electron chi connectivity index (χ1n) is 6.09. The van der Waals surface area contributed by atoms with Gasteiger partial charge in [0.05, 0.1) is 12.5 Å². The largest absolute Gasteiger partial charge is 0.481 e.